The molecular formula is C24H22BrNO. The van der Waals surface area contributed by atoms with Crippen molar-refractivity contribution < 1.29 is 4.79 Å². The van der Waals surface area contributed by atoms with Gasteiger partial charge in [0.15, 0.2) is 5.78 Å². The van der Waals surface area contributed by atoms with Gasteiger partial charge in [0.2, 0.25) is 0 Å². The van der Waals surface area contributed by atoms with Gasteiger partial charge < -0.3 is 4.57 Å². The van der Waals surface area contributed by atoms with E-state index in [0.717, 1.165) is 50.2 Å². The van der Waals surface area contributed by atoms with E-state index in [9.17, 15) is 4.79 Å². The smallest absolute Gasteiger partial charge is 0.195 e. The molecule has 0 saturated heterocycles. The molecule has 27 heavy (non-hydrogen) atoms. The number of fused-ring (bicyclic) bond motifs is 2. The largest absolute Gasteiger partial charge is 0.347 e. The van der Waals surface area contributed by atoms with Gasteiger partial charge in [-0.3, -0.25) is 4.79 Å². The van der Waals surface area contributed by atoms with E-state index in [4.69, 9.17) is 0 Å². The lowest BCUT2D eigenvalue weighted by molar-refractivity contribution is 0.104. The van der Waals surface area contributed by atoms with Crippen molar-refractivity contribution in [3.63, 3.8) is 0 Å². The van der Waals surface area contributed by atoms with Crippen LogP contribution in [0.15, 0.2) is 71.3 Å². The molecule has 0 amide bonds. The van der Waals surface area contributed by atoms with E-state index in [2.05, 4.69) is 51.7 Å². The molecule has 2 nitrogen and oxygen atoms in total. The number of unbranched alkanes of at least 4 members (excludes halogenated alkanes) is 2. The van der Waals surface area contributed by atoms with Crippen LogP contribution >= 0.6 is 15.9 Å². The molecule has 3 heteroatoms. The number of hydrogen-bond donors (Lipinski definition) is 0. The van der Waals surface area contributed by atoms with Crippen molar-refractivity contribution >= 4 is 43.4 Å². The van der Waals surface area contributed by atoms with Crippen molar-refractivity contribution in [1.82, 2.24) is 4.57 Å². The SMILES string of the molecule is CCCCCn1cc(C(=O)c2cccc3ccccc23)c2cc(Br)ccc21. The molecule has 4 rings (SSSR count). The summed E-state index contributed by atoms with van der Waals surface area (Å²) in [6.45, 7) is 3.15. The molecule has 1 heterocycles. The Hall–Kier alpha value is -2.39. The third-order valence-electron chi connectivity index (χ3n) is 5.12. The number of ketones is 1. The summed E-state index contributed by atoms with van der Waals surface area (Å²) in [5, 5.41) is 3.11. The van der Waals surface area contributed by atoms with Gasteiger partial charge in [-0.25, -0.2) is 0 Å². The lowest BCUT2D eigenvalue weighted by Gasteiger charge is -2.05. The minimum absolute atomic E-state index is 0.0872. The molecule has 1 aromatic heterocycles. The molecule has 0 atom stereocenters. The van der Waals surface area contributed by atoms with Gasteiger partial charge >= 0.3 is 0 Å². The molecule has 0 radical (unpaired) electrons. The van der Waals surface area contributed by atoms with Crippen molar-refractivity contribution in [2.45, 2.75) is 32.7 Å². The van der Waals surface area contributed by atoms with Crippen LogP contribution in [0.5, 0.6) is 0 Å². The first-order valence-corrected chi connectivity index (χ1v) is 10.3. The second kappa shape index (κ2) is 7.69. The molecule has 0 spiro atoms. The van der Waals surface area contributed by atoms with E-state index < -0.39 is 0 Å². The quantitative estimate of drug-likeness (QED) is 0.244. The number of nitrogens with zero attached hydrogens (tertiary/aromatic N) is 1. The van der Waals surface area contributed by atoms with Crippen molar-refractivity contribution in [3.8, 4) is 0 Å². The molecular weight excluding hydrogens is 398 g/mol. The predicted octanol–water partition coefficient (Wildman–Crippen LogP) is 6.98. The van der Waals surface area contributed by atoms with Gasteiger partial charge in [-0.15, -0.1) is 0 Å². The normalized spacial score (nSPS) is 11.3. The Morgan fingerprint density at radius 1 is 0.926 bits per heavy atom. The van der Waals surface area contributed by atoms with Crippen LogP contribution < -0.4 is 0 Å². The highest BCUT2D eigenvalue weighted by atomic mass is 79.9. The van der Waals surface area contributed by atoms with Crippen LogP contribution in [0.3, 0.4) is 0 Å². The summed E-state index contributed by atoms with van der Waals surface area (Å²) in [7, 11) is 0. The number of benzene rings is 3. The average molecular weight is 420 g/mol. The Kier molecular flexibility index (Phi) is 5.13. The first-order valence-electron chi connectivity index (χ1n) is 9.50. The molecule has 4 aromatic rings. The lowest BCUT2D eigenvalue weighted by atomic mass is 9.97. The summed E-state index contributed by atoms with van der Waals surface area (Å²) in [6.07, 6.45) is 5.55. The molecule has 0 N–H and O–H groups in total. The topological polar surface area (TPSA) is 22.0 Å². The molecule has 0 unspecified atom stereocenters. The Balaban J connectivity index is 1.84. The van der Waals surface area contributed by atoms with Crippen LogP contribution in [0.25, 0.3) is 21.7 Å². The van der Waals surface area contributed by atoms with E-state index >= 15 is 0 Å². The standard InChI is InChI=1S/C24H22BrNO/c1-2-3-6-14-26-16-22(21-15-18(25)12-13-23(21)26)24(27)20-11-7-9-17-8-4-5-10-19(17)20/h4-5,7-13,15-16H,2-3,6,14H2,1H3. The zero-order valence-corrected chi connectivity index (χ0v) is 17.0. The second-order valence-electron chi connectivity index (χ2n) is 6.96. The number of aryl methyl sites for hydroxylation is 1. The first-order chi connectivity index (χ1) is 13.2. The summed E-state index contributed by atoms with van der Waals surface area (Å²) in [5.41, 5.74) is 2.66. The lowest BCUT2D eigenvalue weighted by Crippen LogP contribution is -2.02. The maximum Gasteiger partial charge on any atom is 0.195 e. The van der Waals surface area contributed by atoms with E-state index in [1.165, 1.54) is 12.8 Å². The summed E-state index contributed by atoms with van der Waals surface area (Å²) in [4.78, 5) is 13.5. The average Bonchev–Trinajstić information content (AvgIpc) is 3.05. The maximum atomic E-state index is 13.5. The van der Waals surface area contributed by atoms with Crippen LogP contribution in [0.2, 0.25) is 0 Å². The molecule has 0 aliphatic rings. The zero-order chi connectivity index (χ0) is 18.8. The van der Waals surface area contributed by atoms with Crippen LogP contribution in [-0.2, 0) is 6.54 Å². The van der Waals surface area contributed by atoms with Gasteiger partial charge in [-0.05, 0) is 35.4 Å². The number of hydrogen-bond acceptors (Lipinski definition) is 1. The van der Waals surface area contributed by atoms with E-state index in [0.29, 0.717) is 0 Å². The van der Waals surface area contributed by atoms with Crippen molar-refractivity contribution in [2.75, 3.05) is 0 Å². The van der Waals surface area contributed by atoms with E-state index in [1.54, 1.807) is 0 Å². The van der Waals surface area contributed by atoms with E-state index in [-0.39, 0.29) is 5.78 Å². The second-order valence-corrected chi connectivity index (χ2v) is 7.88. The van der Waals surface area contributed by atoms with Crippen LogP contribution in [0.4, 0.5) is 0 Å². The number of carbonyl (C=O) groups is 1. The molecule has 0 bridgehead atoms. The Morgan fingerprint density at radius 2 is 1.74 bits per heavy atom. The zero-order valence-electron chi connectivity index (χ0n) is 15.4. The third-order valence-corrected chi connectivity index (χ3v) is 5.62. The Morgan fingerprint density at radius 3 is 2.59 bits per heavy atom. The van der Waals surface area contributed by atoms with Crippen molar-refractivity contribution in [3.05, 3.63) is 82.5 Å². The van der Waals surface area contributed by atoms with Crippen molar-refractivity contribution in [2.24, 2.45) is 0 Å². The summed E-state index contributed by atoms with van der Waals surface area (Å²) < 4.78 is 3.23. The molecule has 136 valence electrons. The van der Waals surface area contributed by atoms with Gasteiger partial charge in [0.05, 0.1) is 0 Å². The fraction of sp³-hybridized carbons (Fsp3) is 0.208. The highest BCUT2D eigenvalue weighted by Crippen LogP contribution is 2.29. The number of rotatable bonds is 6. The number of halogens is 1. The maximum absolute atomic E-state index is 13.5. The minimum atomic E-state index is 0.0872. The van der Waals surface area contributed by atoms with Crippen molar-refractivity contribution in [1.29, 1.82) is 0 Å². The van der Waals surface area contributed by atoms with Gasteiger partial charge in [0, 0.05) is 39.2 Å². The third kappa shape index (κ3) is 3.44. The van der Waals surface area contributed by atoms with Gasteiger partial charge in [0.25, 0.3) is 0 Å². The summed E-state index contributed by atoms with van der Waals surface area (Å²) in [6, 6.07) is 20.2. The van der Waals surface area contributed by atoms with Crippen LogP contribution in [-0.4, -0.2) is 10.4 Å². The summed E-state index contributed by atoms with van der Waals surface area (Å²) >= 11 is 3.56. The Bertz CT molecular complexity index is 1120. The molecule has 0 aliphatic carbocycles. The summed E-state index contributed by atoms with van der Waals surface area (Å²) in [5.74, 6) is 0.0872. The first kappa shape index (κ1) is 18.0. The van der Waals surface area contributed by atoms with E-state index in [1.807, 2.05) is 42.6 Å². The van der Waals surface area contributed by atoms with Gasteiger partial charge in [-0.2, -0.15) is 0 Å². The molecule has 0 saturated carbocycles. The molecule has 0 aliphatic heterocycles. The number of carbonyl (C=O) groups excluding carboxylic acids is 1. The van der Waals surface area contributed by atoms with Crippen LogP contribution in [0, 0.1) is 0 Å². The molecule has 3 aromatic carbocycles. The number of aromatic nitrogens is 1. The Labute approximate surface area is 167 Å². The molecule has 0 fully saturated rings. The fourth-order valence-corrected chi connectivity index (χ4v) is 4.10. The van der Waals surface area contributed by atoms with Gasteiger partial charge in [-0.1, -0.05) is 78.2 Å². The highest BCUT2D eigenvalue weighted by Gasteiger charge is 2.18. The predicted molar refractivity (Wildman–Crippen MR) is 117 cm³/mol. The highest BCUT2D eigenvalue weighted by molar-refractivity contribution is 9.10. The fourth-order valence-electron chi connectivity index (χ4n) is 3.74. The minimum Gasteiger partial charge on any atom is -0.347 e. The van der Waals surface area contributed by atoms with Gasteiger partial charge in [0.1, 0.15) is 0 Å². The monoisotopic (exact) mass is 419 g/mol. The van der Waals surface area contributed by atoms with Crippen LogP contribution in [0.1, 0.15) is 42.1 Å².